The van der Waals surface area contributed by atoms with Gasteiger partial charge in [0.1, 0.15) is 11.2 Å². The molecule has 4 heterocycles. The molecule has 11 aromatic carbocycles. The maximum Gasteiger partial charge on any atom is 0.164 e. The number of furan rings is 1. The summed E-state index contributed by atoms with van der Waals surface area (Å²) in [4.78, 5) is 16.1. The van der Waals surface area contributed by atoms with Gasteiger partial charge in [-0.3, -0.25) is 0 Å². The highest BCUT2D eigenvalue weighted by molar-refractivity contribution is 6.26. The third-order valence-electron chi connectivity index (χ3n) is 15.7. The highest BCUT2D eigenvalue weighted by Gasteiger charge is 2.26. The fraction of sp³-hybridized carbons (Fsp3) is 0.0267. The van der Waals surface area contributed by atoms with Crippen LogP contribution in [-0.2, 0) is 6.42 Å². The highest BCUT2D eigenvalue weighted by Crippen LogP contribution is 2.47. The molecule has 0 radical (unpaired) electrons. The molecule has 0 aliphatic rings. The second-order valence-corrected chi connectivity index (χ2v) is 20.6. The quantitative estimate of drug-likeness (QED) is 0.121. The van der Waals surface area contributed by atoms with E-state index >= 15 is 0 Å². The summed E-state index contributed by atoms with van der Waals surface area (Å²) in [6, 6.07) is 90.7. The number of aromatic nitrogens is 5. The molecule has 0 spiro atoms. The topological polar surface area (TPSA) is 61.7 Å². The maximum atomic E-state index is 7.23. The lowest BCUT2D eigenvalue weighted by Crippen LogP contribution is -2.04. The smallest absolute Gasteiger partial charge is 0.164 e. The van der Waals surface area contributed by atoms with Gasteiger partial charge in [0.25, 0.3) is 0 Å². The lowest BCUT2D eigenvalue weighted by atomic mass is 9.92. The average molecular weight is 1040 g/mol. The van der Waals surface area contributed by atoms with Gasteiger partial charge in [-0.25, -0.2) is 15.0 Å². The Hall–Kier alpha value is -10.7. The van der Waals surface area contributed by atoms with Crippen molar-refractivity contribution in [3.8, 4) is 78.9 Å². The van der Waals surface area contributed by atoms with Gasteiger partial charge in [-0.2, -0.15) is 0 Å². The second kappa shape index (κ2) is 20.0. The standard InChI is InChI=1S/C75H51N5O/c1-2-3-4-9-23-49-38-40-53(41-39-49)73-76-74(55-31-22-30-54(44-55)50-24-10-5-11-25-50)78-75(77-73)56-45-61(51-26-12-6-13-27-51)71(62(46-56)52-28-14-7-15-29-52)80-66-37-21-19-35-60(66)70-67(80)43-42-59-64-47-63-58-34-18-20-36-65(58)79(57-32-16-8-17-33-57)68(63)48-69(64)81-72(59)70/h2-22,24-48H,23H2,1H3/b3-2-,9-4-. The number of hydrogen-bond donors (Lipinski definition) is 0. The minimum Gasteiger partial charge on any atom is -0.455 e. The molecule has 81 heavy (non-hydrogen) atoms. The number of allylic oxidation sites excluding steroid dienone is 4. The second-order valence-electron chi connectivity index (χ2n) is 20.6. The molecule has 0 N–H and O–H groups in total. The molecule has 15 aromatic rings. The Morgan fingerprint density at radius 2 is 0.938 bits per heavy atom. The molecule has 0 unspecified atom stereocenters. The number of nitrogens with zero attached hydrogens (tertiary/aromatic N) is 5. The molecule has 0 bridgehead atoms. The van der Waals surface area contributed by atoms with E-state index in [1.165, 1.54) is 16.3 Å². The lowest BCUT2D eigenvalue weighted by Gasteiger charge is -2.21. The molecule has 15 rings (SSSR count). The Morgan fingerprint density at radius 1 is 0.370 bits per heavy atom. The zero-order chi connectivity index (χ0) is 53.8. The van der Waals surface area contributed by atoms with E-state index in [0.29, 0.717) is 17.5 Å². The Kier molecular flexibility index (Phi) is 11.7. The molecule has 6 nitrogen and oxygen atoms in total. The molecular formula is C75H51N5O. The number of hydrogen-bond acceptors (Lipinski definition) is 4. The largest absolute Gasteiger partial charge is 0.455 e. The van der Waals surface area contributed by atoms with Gasteiger partial charge in [0.15, 0.2) is 17.5 Å². The summed E-state index contributed by atoms with van der Waals surface area (Å²) in [5.41, 5.74) is 18.5. The van der Waals surface area contributed by atoms with Gasteiger partial charge in [0.2, 0.25) is 0 Å². The molecule has 0 atom stereocenters. The van der Waals surface area contributed by atoms with E-state index in [-0.39, 0.29) is 0 Å². The van der Waals surface area contributed by atoms with E-state index in [2.05, 4.69) is 276 Å². The molecule has 0 aliphatic carbocycles. The predicted octanol–water partition coefficient (Wildman–Crippen LogP) is 19.6. The summed E-state index contributed by atoms with van der Waals surface area (Å²) in [7, 11) is 0. The molecular weight excluding hydrogens is 987 g/mol. The molecule has 6 heteroatoms. The summed E-state index contributed by atoms with van der Waals surface area (Å²) < 4.78 is 12.0. The third-order valence-corrected chi connectivity index (χ3v) is 15.7. The summed E-state index contributed by atoms with van der Waals surface area (Å²) in [5.74, 6) is 1.77. The zero-order valence-corrected chi connectivity index (χ0v) is 44.4. The molecule has 4 aromatic heterocycles. The lowest BCUT2D eigenvalue weighted by molar-refractivity contribution is 0.673. The van der Waals surface area contributed by atoms with Crippen LogP contribution in [0.1, 0.15) is 12.5 Å². The van der Waals surface area contributed by atoms with Crippen molar-refractivity contribution in [3.05, 3.63) is 285 Å². The van der Waals surface area contributed by atoms with Crippen LogP contribution in [-0.4, -0.2) is 24.1 Å². The van der Waals surface area contributed by atoms with E-state index in [0.717, 1.165) is 123 Å². The third kappa shape index (κ3) is 8.32. The Labute approximate surface area is 468 Å². The fourth-order valence-corrected chi connectivity index (χ4v) is 11.9. The predicted molar refractivity (Wildman–Crippen MR) is 336 cm³/mol. The van der Waals surface area contributed by atoms with E-state index in [4.69, 9.17) is 19.4 Å². The van der Waals surface area contributed by atoms with Crippen LogP contribution in [0.3, 0.4) is 0 Å². The van der Waals surface area contributed by atoms with E-state index in [1.54, 1.807) is 0 Å². The summed E-state index contributed by atoms with van der Waals surface area (Å²) >= 11 is 0. The van der Waals surface area contributed by atoms with Crippen LogP contribution in [0.4, 0.5) is 0 Å². The number of fused-ring (bicyclic) bond motifs is 10. The highest BCUT2D eigenvalue weighted by atomic mass is 16.3. The molecule has 0 amide bonds. The Morgan fingerprint density at radius 3 is 1.62 bits per heavy atom. The van der Waals surface area contributed by atoms with Crippen LogP contribution in [0.15, 0.2) is 284 Å². The van der Waals surface area contributed by atoms with Crippen LogP contribution < -0.4 is 0 Å². The first kappa shape index (κ1) is 47.5. The minimum absolute atomic E-state index is 0.575. The number of para-hydroxylation sites is 3. The van der Waals surface area contributed by atoms with Crippen LogP contribution in [0.2, 0.25) is 0 Å². The van der Waals surface area contributed by atoms with Crippen molar-refractivity contribution < 1.29 is 4.42 Å². The first-order chi connectivity index (χ1) is 40.1. The number of benzene rings is 11. The maximum absolute atomic E-state index is 7.23. The minimum atomic E-state index is 0.575. The number of rotatable bonds is 11. The first-order valence-corrected chi connectivity index (χ1v) is 27.6. The normalized spacial score (nSPS) is 12.0. The molecule has 0 saturated heterocycles. The van der Waals surface area contributed by atoms with Gasteiger partial charge in [-0.1, -0.05) is 212 Å². The SMILES string of the molecule is C/C=C\C=C/Cc1ccc(-c2nc(-c3cccc(-c4ccccc4)c3)nc(-c3cc(-c4ccccc4)c(-n4c5ccccc5c5c6oc7cc8c(cc7c6ccc54)c4ccccc4n8-c4ccccc4)c(-c4ccccc4)c3)n2)cc1. The first-order valence-electron chi connectivity index (χ1n) is 27.6. The monoisotopic (exact) mass is 1040 g/mol. The van der Waals surface area contributed by atoms with Gasteiger partial charge in [0.05, 0.1) is 33.1 Å². The molecule has 382 valence electrons. The van der Waals surface area contributed by atoms with Crippen molar-refractivity contribution >= 4 is 65.6 Å². The summed E-state index contributed by atoms with van der Waals surface area (Å²) in [6.07, 6.45) is 9.18. The Bertz CT molecular complexity index is 4880. The van der Waals surface area contributed by atoms with Crippen LogP contribution in [0.25, 0.3) is 144 Å². The average Bonchev–Trinajstić information content (AvgIpc) is 4.33. The van der Waals surface area contributed by atoms with Crippen molar-refractivity contribution in [1.29, 1.82) is 0 Å². The molecule has 0 saturated carbocycles. The van der Waals surface area contributed by atoms with Gasteiger partial charge in [-0.05, 0) is 102 Å². The zero-order valence-electron chi connectivity index (χ0n) is 44.4. The van der Waals surface area contributed by atoms with Crippen molar-refractivity contribution in [3.63, 3.8) is 0 Å². The van der Waals surface area contributed by atoms with Crippen LogP contribution >= 0.6 is 0 Å². The van der Waals surface area contributed by atoms with Gasteiger partial charge >= 0.3 is 0 Å². The van der Waals surface area contributed by atoms with Crippen molar-refractivity contribution in [2.24, 2.45) is 0 Å². The van der Waals surface area contributed by atoms with Crippen molar-refractivity contribution in [1.82, 2.24) is 24.1 Å². The van der Waals surface area contributed by atoms with E-state index < -0.39 is 0 Å². The van der Waals surface area contributed by atoms with Gasteiger partial charge < -0.3 is 13.6 Å². The van der Waals surface area contributed by atoms with E-state index in [9.17, 15) is 0 Å². The molecule has 0 aliphatic heterocycles. The summed E-state index contributed by atoms with van der Waals surface area (Å²) in [6.45, 7) is 2.03. The van der Waals surface area contributed by atoms with Crippen LogP contribution in [0.5, 0.6) is 0 Å². The van der Waals surface area contributed by atoms with Crippen molar-refractivity contribution in [2.75, 3.05) is 0 Å². The van der Waals surface area contributed by atoms with Crippen molar-refractivity contribution in [2.45, 2.75) is 13.3 Å². The van der Waals surface area contributed by atoms with E-state index in [1.807, 2.05) is 19.1 Å². The molecule has 0 fully saturated rings. The van der Waals surface area contributed by atoms with Crippen LogP contribution in [0, 0.1) is 0 Å². The van der Waals surface area contributed by atoms with Gasteiger partial charge in [-0.15, -0.1) is 0 Å². The summed E-state index contributed by atoms with van der Waals surface area (Å²) in [5, 5.41) is 6.72. The Balaban J connectivity index is 0.973. The van der Waals surface area contributed by atoms with Gasteiger partial charge in [0, 0.05) is 66.5 Å². The fourth-order valence-electron chi connectivity index (χ4n) is 11.9.